The van der Waals surface area contributed by atoms with Crippen molar-refractivity contribution in [1.29, 1.82) is 0 Å². The minimum atomic E-state index is -0.644. The summed E-state index contributed by atoms with van der Waals surface area (Å²) in [5.41, 5.74) is 1.23. The van der Waals surface area contributed by atoms with E-state index in [9.17, 15) is 19.3 Å². The first-order valence-corrected chi connectivity index (χ1v) is 12.1. The maximum Gasteiger partial charge on any atom is 0.414 e. The number of carbonyl (C=O) groups is 1. The Kier molecular flexibility index (Phi) is 7.03. The van der Waals surface area contributed by atoms with Crippen LogP contribution in [0, 0.1) is 15.9 Å². The number of hydrogen-bond donors (Lipinski definition) is 0. The zero-order valence-corrected chi connectivity index (χ0v) is 21.2. The third-order valence-corrected chi connectivity index (χ3v) is 6.57. The van der Waals surface area contributed by atoms with Gasteiger partial charge in [-0.3, -0.25) is 15.0 Å². The molecule has 0 radical (unpaired) electrons. The third-order valence-electron chi connectivity index (χ3n) is 5.46. The van der Waals surface area contributed by atoms with E-state index >= 15 is 0 Å². The van der Waals surface area contributed by atoms with Gasteiger partial charge < -0.3 is 9.30 Å². The Bertz CT molecular complexity index is 1440. The van der Waals surface area contributed by atoms with Gasteiger partial charge in [0.1, 0.15) is 11.4 Å². The number of nitro groups is 1. The summed E-state index contributed by atoms with van der Waals surface area (Å²) >= 11 is 1.27. The van der Waals surface area contributed by atoms with E-state index in [0.29, 0.717) is 16.1 Å². The summed E-state index contributed by atoms with van der Waals surface area (Å²) < 4.78 is 21.9. The molecule has 0 unspecified atom stereocenters. The van der Waals surface area contributed by atoms with Crippen molar-refractivity contribution >= 4 is 40.1 Å². The molecule has 1 aromatic heterocycles. The highest BCUT2D eigenvalue weighted by Gasteiger charge is 2.22. The van der Waals surface area contributed by atoms with Crippen LogP contribution in [0.2, 0.25) is 0 Å². The molecule has 186 valence electrons. The molecule has 7 nitrogen and oxygen atoms in total. The van der Waals surface area contributed by atoms with E-state index in [-0.39, 0.29) is 18.0 Å². The van der Waals surface area contributed by atoms with Crippen LogP contribution in [0.4, 0.5) is 20.6 Å². The smallest absolute Gasteiger partial charge is 0.414 e. The van der Waals surface area contributed by atoms with Crippen molar-refractivity contribution in [2.24, 2.45) is 0 Å². The first-order chi connectivity index (χ1) is 17.0. The van der Waals surface area contributed by atoms with E-state index in [0.717, 1.165) is 15.8 Å². The summed E-state index contributed by atoms with van der Waals surface area (Å²) in [6, 6.07) is 18.6. The molecule has 4 aromatic rings. The summed E-state index contributed by atoms with van der Waals surface area (Å²) in [5.74, 6) is -0.325. The van der Waals surface area contributed by atoms with Gasteiger partial charge in [-0.25, -0.2) is 9.18 Å². The van der Waals surface area contributed by atoms with Gasteiger partial charge in [-0.05, 0) is 51.1 Å². The predicted molar refractivity (Wildman–Crippen MR) is 139 cm³/mol. The van der Waals surface area contributed by atoms with Gasteiger partial charge in [-0.15, -0.1) is 0 Å². The van der Waals surface area contributed by atoms with Crippen molar-refractivity contribution in [2.75, 3.05) is 11.9 Å². The van der Waals surface area contributed by atoms with Crippen LogP contribution >= 0.6 is 11.8 Å². The molecule has 3 aromatic carbocycles. The van der Waals surface area contributed by atoms with Crippen LogP contribution in [0.15, 0.2) is 82.7 Å². The molecule has 0 saturated carbocycles. The van der Waals surface area contributed by atoms with Crippen molar-refractivity contribution in [3.63, 3.8) is 0 Å². The highest BCUT2D eigenvalue weighted by molar-refractivity contribution is 7.99. The molecule has 4 rings (SSSR count). The number of amides is 1. The van der Waals surface area contributed by atoms with Crippen LogP contribution < -0.4 is 4.90 Å². The largest absolute Gasteiger partial charge is 0.443 e. The van der Waals surface area contributed by atoms with E-state index in [2.05, 4.69) is 0 Å². The Balaban J connectivity index is 1.79. The second-order valence-corrected chi connectivity index (χ2v) is 10.4. The number of aromatic nitrogens is 1. The lowest BCUT2D eigenvalue weighted by Gasteiger charge is -2.24. The number of benzene rings is 3. The fourth-order valence-electron chi connectivity index (χ4n) is 3.73. The molecule has 0 atom stereocenters. The molecule has 0 fully saturated rings. The molecule has 1 heterocycles. The Morgan fingerprint density at radius 2 is 1.78 bits per heavy atom. The van der Waals surface area contributed by atoms with Gasteiger partial charge in [-0.2, -0.15) is 0 Å². The molecule has 0 aliphatic heterocycles. The lowest BCUT2D eigenvalue weighted by atomic mass is 10.2. The Hall–Kier alpha value is -3.85. The van der Waals surface area contributed by atoms with Crippen LogP contribution in [0.25, 0.3) is 10.9 Å². The second-order valence-electron chi connectivity index (χ2n) is 9.28. The molecule has 1 amide bonds. The number of fused-ring (bicyclic) bond motifs is 1. The molecule has 0 spiro atoms. The first kappa shape index (κ1) is 25.2. The van der Waals surface area contributed by atoms with Crippen molar-refractivity contribution < 1.29 is 18.8 Å². The minimum Gasteiger partial charge on any atom is -0.443 e. The number of carbonyl (C=O) groups excluding carboxylic acids is 1. The highest BCUT2D eigenvalue weighted by Crippen LogP contribution is 2.40. The molecule has 0 aliphatic carbocycles. The fourth-order valence-corrected chi connectivity index (χ4v) is 4.82. The molecule has 36 heavy (non-hydrogen) atoms. The minimum absolute atomic E-state index is 0.0128. The summed E-state index contributed by atoms with van der Waals surface area (Å²) in [5, 5.41) is 12.4. The van der Waals surface area contributed by atoms with E-state index in [1.54, 1.807) is 70.3 Å². The van der Waals surface area contributed by atoms with Gasteiger partial charge >= 0.3 is 6.09 Å². The Labute approximate surface area is 212 Å². The number of para-hydroxylation sites is 1. The van der Waals surface area contributed by atoms with Gasteiger partial charge in [0.25, 0.3) is 5.69 Å². The molecule has 0 saturated heterocycles. The number of hydrogen-bond acceptors (Lipinski definition) is 5. The number of ether oxygens (including phenoxy) is 1. The van der Waals surface area contributed by atoms with Crippen LogP contribution in [0.1, 0.15) is 26.3 Å². The zero-order valence-electron chi connectivity index (χ0n) is 20.4. The zero-order chi connectivity index (χ0) is 26.0. The topological polar surface area (TPSA) is 77.6 Å². The average molecular weight is 508 g/mol. The van der Waals surface area contributed by atoms with E-state index in [4.69, 9.17) is 4.74 Å². The first-order valence-electron chi connectivity index (χ1n) is 11.3. The van der Waals surface area contributed by atoms with Gasteiger partial charge in [-0.1, -0.05) is 42.1 Å². The van der Waals surface area contributed by atoms with E-state index in [1.807, 2.05) is 22.9 Å². The van der Waals surface area contributed by atoms with Crippen LogP contribution in [0.3, 0.4) is 0 Å². The van der Waals surface area contributed by atoms with Gasteiger partial charge in [0, 0.05) is 40.8 Å². The van der Waals surface area contributed by atoms with E-state index < -0.39 is 16.6 Å². The third kappa shape index (κ3) is 5.52. The van der Waals surface area contributed by atoms with Crippen molar-refractivity contribution in [1.82, 2.24) is 4.57 Å². The molecule has 0 bridgehead atoms. The summed E-state index contributed by atoms with van der Waals surface area (Å²) in [7, 11) is 1.63. The lowest BCUT2D eigenvalue weighted by molar-refractivity contribution is -0.387. The Morgan fingerprint density at radius 3 is 2.47 bits per heavy atom. The number of nitrogens with zero attached hydrogens (tertiary/aromatic N) is 3. The number of nitro benzene ring substituents is 1. The standard InChI is InChI=1S/C27H26FN3O4S/c1-27(2,3)35-26(32)29(4)19-13-14-20-23(15-19)30(16-18-9-5-6-10-21(18)28)17-25(20)36-24-12-8-7-11-22(24)31(33)34/h5-15,17H,16H2,1-4H3. The number of rotatable bonds is 6. The maximum absolute atomic E-state index is 14.5. The van der Waals surface area contributed by atoms with Crippen LogP contribution in [-0.2, 0) is 11.3 Å². The van der Waals surface area contributed by atoms with Gasteiger partial charge in [0.15, 0.2) is 0 Å². The summed E-state index contributed by atoms with van der Waals surface area (Å²) in [6.07, 6.45) is 1.36. The van der Waals surface area contributed by atoms with Crippen LogP contribution in [-0.4, -0.2) is 28.2 Å². The van der Waals surface area contributed by atoms with Gasteiger partial charge in [0.05, 0.1) is 21.9 Å². The fraction of sp³-hybridized carbons (Fsp3) is 0.222. The van der Waals surface area contributed by atoms with Crippen molar-refractivity contribution in [3.8, 4) is 0 Å². The van der Waals surface area contributed by atoms with E-state index in [1.165, 1.54) is 28.8 Å². The van der Waals surface area contributed by atoms with Gasteiger partial charge in [0.2, 0.25) is 0 Å². The SMILES string of the molecule is CN(C(=O)OC(C)(C)C)c1ccc2c(Sc3ccccc3[N+](=O)[O-])cn(Cc3ccccc3F)c2c1. The maximum atomic E-state index is 14.5. The molecule has 9 heteroatoms. The normalized spacial score (nSPS) is 11.5. The Morgan fingerprint density at radius 1 is 1.08 bits per heavy atom. The predicted octanol–water partition coefficient (Wildman–Crippen LogP) is 7.26. The number of anilines is 1. The summed E-state index contributed by atoms with van der Waals surface area (Å²) in [4.78, 5) is 26.5. The summed E-state index contributed by atoms with van der Waals surface area (Å²) in [6.45, 7) is 5.65. The number of halogens is 1. The molecule has 0 N–H and O–H groups in total. The van der Waals surface area contributed by atoms with Crippen molar-refractivity contribution in [3.05, 3.63) is 94.4 Å². The second kappa shape index (κ2) is 10.0. The average Bonchev–Trinajstić information content (AvgIpc) is 3.15. The highest BCUT2D eigenvalue weighted by atomic mass is 32.2. The van der Waals surface area contributed by atoms with Crippen LogP contribution in [0.5, 0.6) is 0 Å². The monoisotopic (exact) mass is 507 g/mol. The lowest BCUT2D eigenvalue weighted by Crippen LogP contribution is -2.34. The molecular formula is C27H26FN3O4S. The molecular weight excluding hydrogens is 481 g/mol. The van der Waals surface area contributed by atoms with Crippen molar-refractivity contribution in [2.45, 2.75) is 42.7 Å². The quantitative estimate of drug-likeness (QED) is 0.203. The molecule has 0 aliphatic rings.